The van der Waals surface area contributed by atoms with E-state index in [9.17, 15) is 18.0 Å². The number of anilines is 1. The van der Waals surface area contributed by atoms with Crippen LogP contribution in [0.3, 0.4) is 0 Å². The molecular formula is C18H21ClF3N3OS. The Balaban J connectivity index is 0.00000261. The van der Waals surface area contributed by atoms with Gasteiger partial charge in [0.2, 0.25) is 5.91 Å². The zero-order valence-corrected chi connectivity index (χ0v) is 16.4. The molecule has 2 aromatic rings. The second-order valence-corrected chi connectivity index (χ2v) is 7.65. The maximum atomic E-state index is 14.0. The summed E-state index contributed by atoms with van der Waals surface area (Å²) < 4.78 is 41.0. The highest BCUT2D eigenvalue weighted by molar-refractivity contribution is 7.16. The maximum Gasteiger partial charge on any atom is 0.226 e. The van der Waals surface area contributed by atoms with E-state index in [1.165, 1.54) is 0 Å². The minimum absolute atomic E-state index is 0. The Kier molecular flexibility index (Phi) is 7.64. The number of nitrogens with one attached hydrogen (secondary N) is 2. The number of hydrogen-bond acceptors (Lipinski definition) is 4. The fraction of sp³-hybridized carbons (Fsp3) is 0.444. The van der Waals surface area contributed by atoms with Crippen molar-refractivity contribution in [2.45, 2.75) is 32.6 Å². The van der Waals surface area contributed by atoms with E-state index >= 15 is 0 Å². The van der Waals surface area contributed by atoms with Crippen LogP contribution in [0.25, 0.3) is 11.3 Å². The van der Waals surface area contributed by atoms with Gasteiger partial charge in [-0.05, 0) is 45.2 Å². The highest BCUT2D eigenvalue weighted by Gasteiger charge is 2.20. The monoisotopic (exact) mass is 419 g/mol. The molecule has 0 radical (unpaired) electrons. The molecule has 0 unspecified atom stereocenters. The minimum Gasteiger partial charge on any atom is -0.317 e. The van der Waals surface area contributed by atoms with Crippen LogP contribution >= 0.6 is 23.7 Å². The van der Waals surface area contributed by atoms with Crippen molar-refractivity contribution in [3.8, 4) is 11.3 Å². The van der Waals surface area contributed by atoms with Crippen molar-refractivity contribution in [3.63, 3.8) is 0 Å². The maximum absolute atomic E-state index is 14.0. The molecule has 1 aromatic carbocycles. The second kappa shape index (κ2) is 9.52. The summed E-state index contributed by atoms with van der Waals surface area (Å²) in [7, 11) is 0. The van der Waals surface area contributed by atoms with Gasteiger partial charge in [0.05, 0.1) is 11.3 Å². The number of rotatable bonds is 5. The van der Waals surface area contributed by atoms with Crippen molar-refractivity contribution in [1.29, 1.82) is 0 Å². The molecule has 1 aliphatic heterocycles. The first-order chi connectivity index (χ1) is 12.4. The SMILES string of the molecule is Cc1sc(NC(=O)CCC2CCNCC2)nc1-c1c(F)cc(F)cc1F.Cl. The molecule has 27 heavy (non-hydrogen) atoms. The third-order valence-corrected chi connectivity index (χ3v) is 5.41. The van der Waals surface area contributed by atoms with E-state index in [0.717, 1.165) is 43.7 Å². The van der Waals surface area contributed by atoms with E-state index in [-0.39, 0.29) is 34.7 Å². The fourth-order valence-electron chi connectivity index (χ4n) is 3.14. The summed E-state index contributed by atoms with van der Waals surface area (Å²) in [6.45, 7) is 3.62. The zero-order valence-electron chi connectivity index (χ0n) is 14.8. The molecular weight excluding hydrogens is 399 g/mol. The van der Waals surface area contributed by atoms with Crippen LogP contribution in [0.5, 0.6) is 0 Å². The minimum atomic E-state index is -1.01. The van der Waals surface area contributed by atoms with Crippen LogP contribution in [-0.4, -0.2) is 24.0 Å². The number of piperidine rings is 1. The van der Waals surface area contributed by atoms with Crippen molar-refractivity contribution in [2.75, 3.05) is 18.4 Å². The molecule has 2 heterocycles. The standard InChI is InChI=1S/C18H20F3N3OS.ClH/c1-10-17(16-13(20)8-12(19)9-14(16)21)24-18(26-10)23-15(25)3-2-11-4-6-22-7-5-11;/h8-9,11,22H,2-7H2,1H3,(H,23,24,25);1H. The van der Waals surface area contributed by atoms with Gasteiger partial charge in [-0.15, -0.1) is 23.7 Å². The Morgan fingerprint density at radius 3 is 2.52 bits per heavy atom. The van der Waals surface area contributed by atoms with Gasteiger partial charge in [0.25, 0.3) is 0 Å². The zero-order chi connectivity index (χ0) is 18.7. The lowest BCUT2D eigenvalue weighted by Crippen LogP contribution is -2.28. The van der Waals surface area contributed by atoms with Gasteiger partial charge in [0.1, 0.15) is 17.5 Å². The molecule has 148 valence electrons. The Labute approximate surface area is 166 Å². The fourth-order valence-corrected chi connectivity index (χ4v) is 3.97. The third-order valence-electron chi connectivity index (χ3n) is 4.53. The number of aryl methyl sites for hydroxylation is 1. The highest BCUT2D eigenvalue weighted by atomic mass is 35.5. The number of thiazole rings is 1. The van der Waals surface area contributed by atoms with E-state index < -0.39 is 17.5 Å². The number of halogens is 4. The molecule has 1 amide bonds. The van der Waals surface area contributed by atoms with Crippen LogP contribution in [0, 0.1) is 30.3 Å². The number of nitrogens with zero attached hydrogens (tertiary/aromatic N) is 1. The van der Waals surface area contributed by atoms with Crippen LogP contribution in [-0.2, 0) is 4.79 Å². The molecule has 1 aromatic heterocycles. The van der Waals surface area contributed by atoms with Crippen molar-refractivity contribution in [2.24, 2.45) is 5.92 Å². The van der Waals surface area contributed by atoms with Crippen molar-refractivity contribution in [1.82, 2.24) is 10.3 Å². The summed E-state index contributed by atoms with van der Waals surface area (Å²) in [6.07, 6.45) is 3.33. The van der Waals surface area contributed by atoms with Gasteiger partial charge < -0.3 is 10.6 Å². The number of hydrogen-bond donors (Lipinski definition) is 2. The van der Waals surface area contributed by atoms with Crippen molar-refractivity contribution >= 4 is 34.8 Å². The van der Waals surface area contributed by atoms with Crippen LogP contribution < -0.4 is 10.6 Å². The van der Waals surface area contributed by atoms with Crippen LogP contribution in [0.2, 0.25) is 0 Å². The van der Waals surface area contributed by atoms with E-state index in [4.69, 9.17) is 0 Å². The summed E-state index contributed by atoms with van der Waals surface area (Å²) in [5.74, 6) is -2.63. The van der Waals surface area contributed by atoms with Crippen LogP contribution in [0.4, 0.5) is 18.3 Å². The van der Waals surface area contributed by atoms with E-state index in [2.05, 4.69) is 15.6 Å². The molecule has 2 N–H and O–H groups in total. The molecule has 1 saturated heterocycles. The molecule has 0 bridgehead atoms. The van der Waals surface area contributed by atoms with Crippen molar-refractivity contribution in [3.05, 3.63) is 34.5 Å². The summed E-state index contributed by atoms with van der Waals surface area (Å²) >= 11 is 1.14. The normalized spacial score (nSPS) is 14.7. The highest BCUT2D eigenvalue weighted by Crippen LogP contribution is 2.34. The molecule has 0 atom stereocenters. The molecule has 0 spiro atoms. The summed E-state index contributed by atoms with van der Waals surface area (Å²) in [6, 6.07) is 1.24. The summed E-state index contributed by atoms with van der Waals surface area (Å²) in [5, 5.41) is 6.27. The first-order valence-electron chi connectivity index (χ1n) is 8.57. The summed E-state index contributed by atoms with van der Waals surface area (Å²) in [4.78, 5) is 16.8. The van der Waals surface area contributed by atoms with Gasteiger partial charge in [-0.25, -0.2) is 18.2 Å². The van der Waals surface area contributed by atoms with E-state index in [0.29, 0.717) is 29.3 Å². The average molecular weight is 420 g/mol. The first-order valence-corrected chi connectivity index (χ1v) is 9.38. The van der Waals surface area contributed by atoms with Gasteiger partial charge in [0, 0.05) is 23.4 Å². The lowest BCUT2D eigenvalue weighted by molar-refractivity contribution is -0.116. The third kappa shape index (κ3) is 5.43. The van der Waals surface area contributed by atoms with Gasteiger partial charge in [-0.3, -0.25) is 4.79 Å². The number of benzene rings is 1. The number of aromatic nitrogens is 1. The van der Waals surface area contributed by atoms with Gasteiger partial charge in [-0.2, -0.15) is 0 Å². The number of amides is 1. The average Bonchev–Trinajstić information content (AvgIpc) is 2.93. The predicted molar refractivity (Wildman–Crippen MR) is 103 cm³/mol. The topological polar surface area (TPSA) is 54.0 Å². The molecule has 4 nitrogen and oxygen atoms in total. The molecule has 1 aliphatic rings. The lowest BCUT2D eigenvalue weighted by Gasteiger charge is -2.21. The first kappa shape index (κ1) is 21.7. The van der Waals surface area contributed by atoms with Crippen LogP contribution in [0.1, 0.15) is 30.6 Å². The van der Waals surface area contributed by atoms with Gasteiger partial charge in [0.15, 0.2) is 5.13 Å². The number of carbonyl (C=O) groups excluding carboxylic acids is 1. The molecule has 9 heteroatoms. The largest absolute Gasteiger partial charge is 0.317 e. The Bertz CT molecular complexity index is 786. The quantitative estimate of drug-likeness (QED) is 0.740. The van der Waals surface area contributed by atoms with Gasteiger partial charge >= 0.3 is 0 Å². The number of carbonyl (C=O) groups is 1. The van der Waals surface area contributed by atoms with E-state index in [1.54, 1.807) is 6.92 Å². The Hall–Kier alpha value is -1.64. The predicted octanol–water partition coefficient (Wildman–Crippen LogP) is 4.68. The smallest absolute Gasteiger partial charge is 0.226 e. The lowest BCUT2D eigenvalue weighted by atomic mass is 9.93. The summed E-state index contributed by atoms with van der Waals surface area (Å²) in [5.41, 5.74) is -0.297. The second-order valence-electron chi connectivity index (χ2n) is 6.45. The molecule has 3 rings (SSSR count). The molecule has 0 aliphatic carbocycles. The molecule has 1 fully saturated rings. The Morgan fingerprint density at radius 1 is 1.26 bits per heavy atom. The van der Waals surface area contributed by atoms with Gasteiger partial charge in [-0.1, -0.05) is 0 Å². The van der Waals surface area contributed by atoms with E-state index in [1.807, 2.05) is 0 Å². The van der Waals surface area contributed by atoms with Crippen molar-refractivity contribution < 1.29 is 18.0 Å². The Morgan fingerprint density at radius 2 is 1.89 bits per heavy atom. The molecule has 0 saturated carbocycles. The van der Waals surface area contributed by atoms with Crippen LogP contribution in [0.15, 0.2) is 12.1 Å².